The molecule has 0 aromatic carbocycles. The average Bonchev–Trinajstić information content (AvgIpc) is 1.61. The van der Waals surface area contributed by atoms with E-state index in [4.69, 9.17) is 4.89 Å². The van der Waals surface area contributed by atoms with Crippen molar-refractivity contribution in [2.45, 2.75) is 13.3 Å². The van der Waals surface area contributed by atoms with E-state index in [1.54, 1.807) is 6.08 Å². The van der Waals surface area contributed by atoms with E-state index < -0.39 is 8.03 Å². The van der Waals surface area contributed by atoms with Crippen molar-refractivity contribution in [3.05, 3.63) is 11.9 Å². The molecular formula is C4H8O2P+. The van der Waals surface area contributed by atoms with Crippen molar-refractivity contribution < 1.29 is 9.46 Å². The molecule has 0 radical (unpaired) electrons. The molecule has 0 aromatic rings. The van der Waals surface area contributed by atoms with Gasteiger partial charge in [-0.15, -0.1) is 0 Å². The summed E-state index contributed by atoms with van der Waals surface area (Å²) in [6, 6.07) is 0. The molecular weight excluding hydrogens is 111 g/mol. The molecule has 3 heteroatoms. The first-order valence-electron chi connectivity index (χ1n) is 2.09. The third kappa shape index (κ3) is 5.80. The fourth-order valence-corrected chi connectivity index (χ4v) is 0.587. The lowest BCUT2D eigenvalue weighted by Gasteiger charge is -1.62. The van der Waals surface area contributed by atoms with Gasteiger partial charge < -0.3 is 0 Å². The zero-order valence-corrected chi connectivity index (χ0v) is 5.06. The Morgan fingerprint density at radius 3 is 2.57 bits per heavy atom. The van der Waals surface area contributed by atoms with Gasteiger partial charge in [-0.25, -0.2) is 0 Å². The van der Waals surface area contributed by atoms with Gasteiger partial charge in [0.15, 0.2) is 5.82 Å². The van der Waals surface area contributed by atoms with E-state index in [-0.39, 0.29) is 0 Å². The molecule has 7 heavy (non-hydrogen) atoms. The maximum Gasteiger partial charge on any atom is 0.537 e. The van der Waals surface area contributed by atoms with Crippen molar-refractivity contribution in [1.29, 1.82) is 0 Å². The van der Waals surface area contributed by atoms with E-state index in [0.717, 1.165) is 6.42 Å². The summed E-state index contributed by atoms with van der Waals surface area (Å²) in [6.45, 7) is 1.91. The third-order valence-corrected chi connectivity index (χ3v) is 0.935. The molecule has 0 aliphatic carbocycles. The maximum atomic E-state index is 9.82. The van der Waals surface area contributed by atoms with Gasteiger partial charge in [0.1, 0.15) is 0 Å². The van der Waals surface area contributed by atoms with Gasteiger partial charge in [-0.1, -0.05) is 6.92 Å². The first-order chi connectivity index (χ1) is 3.27. The van der Waals surface area contributed by atoms with Gasteiger partial charge in [0.05, 0.1) is 0 Å². The first-order valence-corrected chi connectivity index (χ1v) is 3.37. The molecule has 1 atom stereocenters. The van der Waals surface area contributed by atoms with Crippen molar-refractivity contribution >= 4 is 8.03 Å². The number of hydrogen-bond acceptors (Lipinski definition) is 1. The molecule has 0 amide bonds. The van der Waals surface area contributed by atoms with Crippen LogP contribution in [0.4, 0.5) is 0 Å². The predicted octanol–water partition coefficient (Wildman–Crippen LogP) is 1.64. The quantitative estimate of drug-likeness (QED) is 0.561. The fourth-order valence-electron chi connectivity index (χ4n) is 0.196. The van der Waals surface area contributed by atoms with Gasteiger partial charge in [-0.3, -0.25) is 0 Å². The van der Waals surface area contributed by atoms with Gasteiger partial charge in [0.25, 0.3) is 0 Å². The Kier molecular flexibility index (Phi) is 3.86. The Hall–Kier alpha value is -0.200. The second kappa shape index (κ2) is 3.97. The molecule has 0 rings (SSSR count). The molecule has 0 fully saturated rings. The summed E-state index contributed by atoms with van der Waals surface area (Å²) < 4.78 is 9.82. The Morgan fingerprint density at radius 2 is 2.43 bits per heavy atom. The van der Waals surface area contributed by atoms with E-state index >= 15 is 0 Å². The van der Waals surface area contributed by atoms with E-state index in [1.807, 2.05) is 6.92 Å². The van der Waals surface area contributed by atoms with Crippen molar-refractivity contribution in [3.63, 3.8) is 0 Å². The van der Waals surface area contributed by atoms with Crippen LogP contribution in [-0.2, 0) is 4.57 Å². The summed E-state index contributed by atoms with van der Waals surface area (Å²) in [5.74, 6) is 1.29. The highest BCUT2D eigenvalue weighted by Crippen LogP contribution is 2.13. The summed E-state index contributed by atoms with van der Waals surface area (Å²) >= 11 is 0. The van der Waals surface area contributed by atoms with Crippen LogP contribution in [-0.4, -0.2) is 4.89 Å². The summed E-state index contributed by atoms with van der Waals surface area (Å²) in [4.78, 5) is 8.11. The highest BCUT2D eigenvalue weighted by molar-refractivity contribution is 7.41. The molecule has 0 heterocycles. The van der Waals surface area contributed by atoms with Crippen LogP contribution < -0.4 is 0 Å². The number of allylic oxidation sites excluding steroid dienone is 1. The van der Waals surface area contributed by atoms with Crippen LogP contribution in [0.3, 0.4) is 0 Å². The van der Waals surface area contributed by atoms with Crippen LogP contribution in [0, 0.1) is 0 Å². The maximum absolute atomic E-state index is 9.82. The SMILES string of the molecule is CCC=C[P+](=O)O. The van der Waals surface area contributed by atoms with Crippen LogP contribution in [0.5, 0.6) is 0 Å². The molecule has 0 aliphatic heterocycles. The Labute approximate surface area is 43.7 Å². The molecule has 0 aliphatic rings. The lowest BCUT2D eigenvalue weighted by molar-refractivity contribution is 0.512. The standard InChI is InChI=1S/C4H7O2P/c1-2-3-4-7(5)6/h3-4H,2H2,1H3/p+1. The molecule has 0 saturated carbocycles. The zero-order valence-electron chi connectivity index (χ0n) is 4.16. The van der Waals surface area contributed by atoms with Crippen molar-refractivity contribution in [2.24, 2.45) is 0 Å². The Morgan fingerprint density at radius 1 is 1.86 bits per heavy atom. The molecule has 1 unspecified atom stereocenters. The van der Waals surface area contributed by atoms with Crippen LogP contribution in [0.15, 0.2) is 11.9 Å². The van der Waals surface area contributed by atoms with Gasteiger partial charge in [0.2, 0.25) is 0 Å². The van der Waals surface area contributed by atoms with Crippen molar-refractivity contribution in [1.82, 2.24) is 0 Å². The van der Waals surface area contributed by atoms with Gasteiger partial charge in [0, 0.05) is 0 Å². The summed E-state index contributed by atoms with van der Waals surface area (Å²) in [7, 11) is -2.04. The number of hydrogen-bond donors (Lipinski definition) is 1. The Bertz CT molecular complexity index is 87.7. The van der Waals surface area contributed by atoms with Gasteiger partial charge in [-0.05, 0) is 17.1 Å². The lowest BCUT2D eigenvalue weighted by Crippen LogP contribution is -1.48. The van der Waals surface area contributed by atoms with Crippen molar-refractivity contribution in [3.8, 4) is 0 Å². The average molecular weight is 119 g/mol. The van der Waals surface area contributed by atoms with Crippen LogP contribution in [0.25, 0.3) is 0 Å². The second-order valence-electron chi connectivity index (χ2n) is 1.10. The second-order valence-corrected chi connectivity index (χ2v) is 2.00. The first kappa shape index (κ1) is 6.80. The van der Waals surface area contributed by atoms with E-state index in [9.17, 15) is 4.57 Å². The molecule has 0 saturated heterocycles. The summed E-state index contributed by atoms with van der Waals surface area (Å²) in [5, 5.41) is 0. The predicted molar refractivity (Wildman–Crippen MR) is 29.3 cm³/mol. The minimum Gasteiger partial charge on any atom is -0.157 e. The van der Waals surface area contributed by atoms with E-state index in [1.165, 1.54) is 5.82 Å². The molecule has 40 valence electrons. The number of rotatable bonds is 2. The van der Waals surface area contributed by atoms with Gasteiger partial charge in [-0.2, -0.15) is 4.89 Å². The smallest absolute Gasteiger partial charge is 0.157 e. The normalized spacial score (nSPS) is 12.6. The monoisotopic (exact) mass is 119 g/mol. The molecule has 0 bridgehead atoms. The van der Waals surface area contributed by atoms with E-state index in [2.05, 4.69) is 0 Å². The third-order valence-electron chi connectivity index (χ3n) is 0.469. The summed E-state index contributed by atoms with van der Waals surface area (Å²) in [6.07, 6.45) is 2.49. The molecule has 0 aromatic heterocycles. The molecule has 1 N–H and O–H groups in total. The van der Waals surface area contributed by atoms with Crippen LogP contribution in [0.2, 0.25) is 0 Å². The molecule has 0 spiro atoms. The van der Waals surface area contributed by atoms with Crippen LogP contribution >= 0.6 is 8.03 Å². The van der Waals surface area contributed by atoms with E-state index in [0.29, 0.717) is 0 Å². The highest BCUT2D eigenvalue weighted by atomic mass is 31.1. The van der Waals surface area contributed by atoms with Crippen LogP contribution in [0.1, 0.15) is 13.3 Å². The lowest BCUT2D eigenvalue weighted by atomic mass is 10.5. The van der Waals surface area contributed by atoms with Gasteiger partial charge >= 0.3 is 8.03 Å². The summed E-state index contributed by atoms with van der Waals surface area (Å²) in [5.41, 5.74) is 0. The fraction of sp³-hybridized carbons (Fsp3) is 0.500. The molecule has 2 nitrogen and oxygen atoms in total. The minimum atomic E-state index is -2.04. The van der Waals surface area contributed by atoms with Crippen molar-refractivity contribution in [2.75, 3.05) is 0 Å². The minimum absolute atomic E-state index is 0.821. The zero-order chi connectivity index (χ0) is 5.70. The highest BCUT2D eigenvalue weighted by Gasteiger charge is 1.97. The largest absolute Gasteiger partial charge is 0.537 e. The Balaban J connectivity index is 3.26. The topological polar surface area (TPSA) is 37.3 Å².